The summed E-state index contributed by atoms with van der Waals surface area (Å²) in [4.78, 5) is 0.872. The summed E-state index contributed by atoms with van der Waals surface area (Å²) in [7, 11) is 0. The van der Waals surface area contributed by atoms with Crippen molar-refractivity contribution in [2.24, 2.45) is 5.73 Å². The van der Waals surface area contributed by atoms with Crippen molar-refractivity contribution in [3.63, 3.8) is 0 Å². The summed E-state index contributed by atoms with van der Waals surface area (Å²) < 4.78 is 18.8. The number of furan rings is 1. The highest BCUT2D eigenvalue weighted by molar-refractivity contribution is 7.99. The Bertz CT molecular complexity index is 692. The zero-order chi connectivity index (χ0) is 13.9. The number of para-hydroxylation sites is 1. The summed E-state index contributed by atoms with van der Waals surface area (Å²) in [6.45, 7) is 0. The molecule has 0 amide bonds. The van der Waals surface area contributed by atoms with Crippen LogP contribution >= 0.6 is 11.8 Å². The van der Waals surface area contributed by atoms with E-state index in [-0.39, 0.29) is 11.9 Å². The summed E-state index contributed by atoms with van der Waals surface area (Å²) in [6, 6.07) is 16.1. The maximum atomic E-state index is 13.1. The van der Waals surface area contributed by atoms with Gasteiger partial charge in [-0.15, -0.1) is 11.8 Å². The summed E-state index contributed by atoms with van der Waals surface area (Å²) >= 11 is 1.52. The van der Waals surface area contributed by atoms with E-state index >= 15 is 0 Å². The van der Waals surface area contributed by atoms with E-state index in [0.29, 0.717) is 5.75 Å². The van der Waals surface area contributed by atoms with Crippen LogP contribution < -0.4 is 5.73 Å². The SMILES string of the molecule is NC(CSc1cccc(F)c1)c1cc2ccccc2o1. The van der Waals surface area contributed by atoms with Crippen LogP contribution in [0.25, 0.3) is 11.0 Å². The van der Waals surface area contributed by atoms with E-state index in [1.807, 2.05) is 36.4 Å². The highest BCUT2D eigenvalue weighted by Gasteiger charge is 2.12. The Labute approximate surface area is 120 Å². The van der Waals surface area contributed by atoms with Crippen LogP contribution in [0.1, 0.15) is 11.8 Å². The lowest BCUT2D eigenvalue weighted by Crippen LogP contribution is -2.11. The molecule has 20 heavy (non-hydrogen) atoms. The zero-order valence-electron chi connectivity index (χ0n) is 10.8. The minimum Gasteiger partial charge on any atom is -0.459 e. The van der Waals surface area contributed by atoms with Crippen molar-refractivity contribution in [2.75, 3.05) is 5.75 Å². The summed E-state index contributed by atoms with van der Waals surface area (Å²) in [5.74, 6) is 1.17. The van der Waals surface area contributed by atoms with Crippen LogP contribution in [-0.2, 0) is 0 Å². The molecule has 0 saturated carbocycles. The van der Waals surface area contributed by atoms with E-state index in [4.69, 9.17) is 10.2 Å². The molecular formula is C16H14FNOS. The van der Waals surface area contributed by atoms with E-state index in [0.717, 1.165) is 21.6 Å². The number of halogens is 1. The molecule has 0 saturated heterocycles. The molecule has 3 aromatic rings. The summed E-state index contributed by atoms with van der Waals surface area (Å²) in [5.41, 5.74) is 6.98. The van der Waals surface area contributed by atoms with Gasteiger partial charge in [-0.3, -0.25) is 0 Å². The molecule has 4 heteroatoms. The van der Waals surface area contributed by atoms with Crippen molar-refractivity contribution in [1.29, 1.82) is 0 Å². The molecule has 0 radical (unpaired) electrons. The Kier molecular flexibility index (Phi) is 3.76. The Morgan fingerprint density at radius 2 is 1.95 bits per heavy atom. The Morgan fingerprint density at radius 3 is 2.75 bits per heavy atom. The number of nitrogens with two attached hydrogens (primary N) is 1. The Morgan fingerprint density at radius 1 is 1.10 bits per heavy atom. The van der Waals surface area contributed by atoms with Gasteiger partial charge in [0.05, 0.1) is 6.04 Å². The van der Waals surface area contributed by atoms with Crippen LogP contribution in [0, 0.1) is 5.82 Å². The molecule has 0 bridgehead atoms. The van der Waals surface area contributed by atoms with Crippen molar-refractivity contribution in [1.82, 2.24) is 0 Å². The van der Waals surface area contributed by atoms with E-state index in [2.05, 4.69) is 0 Å². The van der Waals surface area contributed by atoms with Gasteiger partial charge in [0.15, 0.2) is 0 Å². The van der Waals surface area contributed by atoms with Crippen molar-refractivity contribution in [3.8, 4) is 0 Å². The lowest BCUT2D eigenvalue weighted by atomic mass is 10.2. The third-order valence-corrected chi connectivity index (χ3v) is 4.15. The lowest BCUT2D eigenvalue weighted by Gasteiger charge is -2.08. The van der Waals surface area contributed by atoms with Gasteiger partial charge in [0, 0.05) is 16.0 Å². The van der Waals surface area contributed by atoms with Crippen molar-refractivity contribution in [3.05, 3.63) is 66.2 Å². The normalized spacial score (nSPS) is 12.7. The number of benzene rings is 2. The van der Waals surface area contributed by atoms with Gasteiger partial charge in [-0.25, -0.2) is 4.39 Å². The molecule has 2 aromatic carbocycles. The van der Waals surface area contributed by atoms with Crippen LogP contribution in [0.4, 0.5) is 4.39 Å². The van der Waals surface area contributed by atoms with Crippen LogP contribution in [0.3, 0.4) is 0 Å². The first-order valence-corrected chi connectivity index (χ1v) is 7.33. The van der Waals surface area contributed by atoms with Gasteiger partial charge in [0.2, 0.25) is 0 Å². The molecule has 0 spiro atoms. The third-order valence-electron chi connectivity index (χ3n) is 3.04. The predicted molar refractivity (Wildman–Crippen MR) is 80.3 cm³/mol. The third kappa shape index (κ3) is 2.86. The van der Waals surface area contributed by atoms with Crippen LogP contribution in [-0.4, -0.2) is 5.75 Å². The quantitative estimate of drug-likeness (QED) is 0.724. The monoisotopic (exact) mass is 287 g/mol. The molecule has 1 heterocycles. The molecule has 0 aliphatic carbocycles. The molecular weight excluding hydrogens is 273 g/mol. The Hall–Kier alpha value is -1.78. The predicted octanol–water partition coefficient (Wildman–Crippen LogP) is 4.36. The number of hydrogen-bond acceptors (Lipinski definition) is 3. The largest absolute Gasteiger partial charge is 0.459 e. The molecule has 1 atom stereocenters. The topological polar surface area (TPSA) is 39.2 Å². The standard InChI is InChI=1S/C16H14FNOS/c17-12-5-3-6-13(9-12)20-10-14(18)16-8-11-4-1-2-7-15(11)19-16/h1-9,14H,10,18H2. The van der Waals surface area contributed by atoms with Crippen molar-refractivity contribution in [2.45, 2.75) is 10.9 Å². The number of rotatable bonds is 4. The van der Waals surface area contributed by atoms with E-state index in [1.165, 1.54) is 23.9 Å². The van der Waals surface area contributed by atoms with Crippen LogP contribution in [0.2, 0.25) is 0 Å². The van der Waals surface area contributed by atoms with Gasteiger partial charge in [-0.1, -0.05) is 24.3 Å². The molecule has 0 aliphatic heterocycles. The smallest absolute Gasteiger partial charge is 0.134 e. The second-order valence-electron chi connectivity index (χ2n) is 4.56. The highest BCUT2D eigenvalue weighted by atomic mass is 32.2. The maximum Gasteiger partial charge on any atom is 0.134 e. The van der Waals surface area contributed by atoms with Gasteiger partial charge < -0.3 is 10.2 Å². The fourth-order valence-electron chi connectivity index (χ4n) is 2.01. The molecule has 2 nitrogen and oxygen atoms in total. The first kappa shape index (κ1) is 13.2. The minimum absolute atomic E-state index is 0.212. The van der Waals surface area contributed by atoms with Crippen LogP contribution in [0.15, 0.2) is 63.9 Å². The van der Waals surface area contributed by atoms with Gasteiger partial charge in [0.25, 0.3) is 0 Å². The average Bonchev–Trinajstić information content (AvgIpc) is 2.89. The maximum absolute atomic E-state index is 13.1. The molecule has 1 unspecified atom stereocenters. The number of thioether (sulfide) groups is 1. The van der Waals surface area contributed by atoms with Crippen molar-refractivity contribution < 1.29 is 8.81 Å². The van der Waals surface area contributed by atoms with Gasteiger partial charge >= 0.3 is 0 Å². The molecule has 0 fully saturated rings. The Balaban J connectivity index is 1.71. The lowest BCUT2D eigenvalue weighted by molar-refractivity contribution is 0.516. The zero-order valence-corrected chi connectivity index (χ0v) is 11.6. The second-order valence-corrected chi connectivity index (χ2v) is 5.65. The number of fused-ring (bicyclic) bond motifs is 1. The first-order chi connectivity index (χ1) is 9.72. The van der Waals surface area contributed by atoms with Crippen LogP contribution in [0.5, 0.6) is 0 Å². The van der Waals surface area contributed by atoms with Crippen molar-refractivity contribution >= 4 is 22.7 Å². The van der Waals surface area contributed by atoms with Gasteiger partial charge in [0.1, 0.15) is 17.2 Å². The van der Waals surface area contributed by atoms with E-state index in [1.54, 1.807) is 6.07 Å². The molecule has 2 N–H and O–H groups in total. The second kappa shape index (κ2) is 5.69. The fraction of sp³-hybridized carbons (Fsp3) is 0.125. The summed E-state index contributed by atoms with van der Waals surface area (Å²) in [6.07, 6.45) is 0. The van der Waals surface area contributed by atoms with E-state index in [9.17, 15) is 4.39 Å². The molecule has 0 aliphatic rings. The first-order valence-electron chi connectivity index (χ1n) is 6.35. The minimum atomic E-state index is -0.229. The summed E-state index contributed by atoms with van der Waals surface area (Å²) in [5, 5.41) is 1.05. The fourth-order valence-corrected chi connectivity index (χ4v) is 2.92. The molecule has 102 valence electrons. The average molecular weight is 287 g/mol. The van der Waals surface area contributed by atoms with Gasteiger partial charge in [-0.05, 0) is 30.3 Å². The molecule has 1 aromatic heterocycles. The number of hydrogen-bond donors (Lipinski definition) is 1. The van der Waals surface area contributed by atoms with Gasteiger partial charge in [-0.2, -0.15) is 0 Å². The van der Waals surface area contributed by atoms with E-state index < -0.39 is 0 Å². The highest BCUT2D eigenvalue weighted by Crippen LogP contribution is 2.27. The molecule has 3 rings (SSSR count).